The first-order valence-electron chi connectivity index (χ1n) is 10.1. The van der Waals surface area contributed by atoms with Crippen LogP contribution in [0.25, 0.3) is 0 Å². The predicted molar refractivity (Wildman–Crippen MR) is 121 cm³/mol. The summed E-state index contributed by atoms with van der Waals surface area (Å²) >= 11 is 11.7. The molecule has 0 aromatic heterocycles. The highest BCUT2D eigenvalue weighted by molar-refractivity contribution is 7.80. The van der Waals surface area contributed by atoms with Gasteiger partial charge in [-0.2, -0.15) is 13.2 Å². The Bertz CT molecular complexity index is 875. The van der Waals surface area contributed by atoms with E-state index in [1.165, 1.54) is 6.07 Å². The van der Waals surface area contributed by atoms with Crippen LogP contribution in [0.3, 0.4) is 0 Å². The van der Waals surface area contributed by atoms with Crippen molar-refractivity contribution in [3.05, 3.63) is 64.7 Å². The van der Waals surface area contributed by atoms with Crippen LogP contribution in [0.15, 0.2) is 48.5 Å². The van der Waals surface area contributed by atoms with Crippen LogP contribution in [0.1, 0.15) is 17.5 Å². The molecule has 9 heteroatoms. The summed E-state index contributed by atoms with van der Waals surface area (Å²) in [6.45, 7) is 5.36. The molecule has 0 atom stereocenters. The molecular weight excluding hydrogens is 447 g/mol. The minimum absolute atomic E-state index is 0.309. The lowest BCUT2D eigenvalue weighted by atomic mass is 10.2. The average Bonchev–Trinajstić information content (AvgIpc) is 2.73. The summed E-state index contributed by atoms with van der Waals surface area (Å²) in [5, 5.41) is 3.97. The summed E-state index contributed by atoms with van der Waals surface area (Å²) in [5.41, 5.74) is 0.574. The van der Waals surface area contributed by atoms with Gasteiger partial charge >= 0.3 is 6.18 Å². The summed E-state index contributed by atoms with van der Waals surface area (Å²) in [5.74, 6) is 0. The number of ether oxygens (including phenoxy) is 1. The normalized spacial score (nSPS) is 15.0. The number of hydrogen-bond acceptors (Lipinski definition) is 3. The van der Waals surface area contributed by atoms with Gasteiger partial charge in [-0.15, -0.1) is 0 Å². The summed E-state index contributed by atoms with van der Waals surface area (Å²) in [7, 11) is 0. The Morgan fingerprint density at radius 3 is 2.58 bits per heavy atom. The number of anilines is 1. The zero-order valence-electron chi connectivity index (χ0n) is 17.0. The van der Waals surface area contributed by atoms with Crippen molar-refractivity contribution < 1.29 is 17.9 Å². The Morgan fingerprint density at radius 1 is 1.13 bits per heavy atom. The molecule has 0 spiro atoms. The number of halogens is 4. The van der Waals surface area contributed by atoms with Gasteiger partial charge in [0.25, 0.3) is 0 Å². The van der Waals surface area contributed by atoms with Gasteiger partial charge in [0.05, 0.1) is 18.8 Å². The first-order valence-corrected chi connectivity index (χ1v) is 10.9. The molecule has 1 heterocycles. The number of benzene rings is 2. The second-order valence-corrected chi connectivity index (χ2v) is 8.19. The van der Waals surface area contributed by atoms with Crippen LogP contribution < -0.4 is 5.32 Å². The van der Waals surface area contributed by atoms with Gasteiger partial charge in [0, 0.05) is 43.4 Å². The summed E-state index contributed by atoms with van der Waals surface area (Å²) in [6, 6.07) is 12.5. The lowest BCUT2D eigenvalue weighted by Crippen LogP contribution is -2.40. The molecular formula is C22H25ClF3N3OS. The van der Waals surface area contributed by atoms with Gasteiger partial charge in [-0.05, 0) is 54.5 Å². The van der Waals surface area contributed by atoms with E-state index in [1.807, 2.05) is 23.1 Å². The number of rotatable bonds is 7. The molecule has 1 fully saturated rings. The van der Waals surface area contributed by atoms with Gasteiger partial charge in [0.1, 0.15) is 0 Å². The highest BCUT2D eigenvalue weighted by Gasteiger charge is 2.30. The third kappa shape index (κ3) is 7.64. The fraction of sp³-hybridized carbons (Fsp3) is 0.409. The lowest BCUT2D eigenvalue weighted by Gasteiger charge is -2.30. The Hall–Kier alpha value is -1.87. The van der Waals surface area contributed by atoms with Crippen molar-refractivity contribution in [1.29, 1.82) is 0 Å². The molecule has 1 saturated heterocycles. The van der Waals surface area contributed by atoms with E-state index < -0.39 is 11.7 Å². The van der Waals surface area contributed by atoms with E-state index in [1.54, 1.807) is 12.1 Å². The van der Waals surface area contributed by atoms with Crippen LogP contribution in [0.5, 0.6) is 0 Å². The predicted octanol–water partition coefficient (Wildman–Crippen LogP) is 5.28. The molecule has 0 bridgehead atoms. The molecule has 3 rings (SSSR count). The molecule has 1 N–H and O–H groups in total. The van der Waals surface area contributed by atoms with Crippen LogP contribution in [-0.2, 0) is 17.5 Å². The Morgan fingerprint density at radius 2 is 1.87 bits per heavy atom. The van der Waals surface area contributed by atoms with Crippen molar-refractivity contribution in [2.75, 3.05) is 44.7 Å². The van der Waals surface area contributed by atoms with Crippen molar-refractivity contribution in [3.63, 3.8) is 0 Å². The largest absolute Gasteiger partial charge is 0.416 e. The molecule has 4 nitrogen and oxygen atoms in total. The smallest absolute Gasteiger partial charge is 0.379 e. The molecule has 0 amide bonds. The first-order chi connectivity index (χ1) is 14.8. The van der Waals surface area contributed by atoms with Crippen LogP contribution >= 0.6 is 23.8 Å². The van der Waals surface area contributed by atoms with Crippen molar-refractivity contribution in [2.45, 2.75) is 19.1 Å². The Labute approximate surface area is 190 Å². The third-order valence-electron chi connectivity index (χ3n) is 5.00. The number of nitrogens with zero attached hydrogens (tertiary/aromatic N) is 2. The number of nitrogens with one attached hydrogen (secondary N) is 1. The van der Waals surface area contributed by atoms with E-state index in [9.17, 15) is 13.2 Å². The van der Waals surface area contributed by atoms with Gasteiger partial charge in [-0.1, -0.05) is 29.8 Å². The highest BCUT2D eigenvalue weighted by Crippen LogP contribution is 2.30. The Balaban J connectivity index is 1.67. The molecule has 1 aliphatic heterocycles. The van der Waals surface area contributed by atoms with E-state index >= 15 is 0 Å². The number of alkyl halides is 3. The van der Waals surface area contributed by atoms with E-state index in [4.69, 9.17) is 28.6 Å². The van der Waals surface area contributed by atoms with Gasteiger partial charge in [-0.3, -0.25) is 4.90 Å². The van der Waals surface area contributed by atoms with Gasteiger partial charge in [0.15, 0.2) is 5.11 Å². The maximum atomic E-state index is 13.0. The SMILES string of the molecule is FC(F)(F)c1cccc(NC(=S)N(CCCN2CCOCC2)Cc2cccc(Cl)c2)c1. The third-order valence-corrected chi connectivity index (χ3v) is 5.59. The lowest BCUT2D eigenvalue weighted by molar-refractivity contribution is -0.137. The molecule has 31 heavy (non-hydrogen) atoms. The fourth-order valence-electron chi connectivity index (χ4n) is 3.39. The second kappa shape index (κ2) is 11.1. The maximum absolute atomic E-state index is 13.0. The van der Waals surface area contributed by atoms with E-state index in [-0.39, 0.29) is 0 Å². The van der Waals surface area contributed by atoms with Crippen LogP contribution in [-0.4, -0.2) is 54.3 Å². The summed E-state index contributed by atoms with van der Waals surface area (Å²) < 4.78 is 44.5. The first kappa shape index (κ1) is 23.8. The summed E-state index contributed by atoms with van der Waals surface area (Å²) in [4.78, 5) is 4.30. The molecule has 168 valence electrons. The zero-order valence-corrected chi connectivity index (χ0v) is 18.6. The van der Waals surface area contributed by atoms with E-state index in [0.717, 1.165) is 57.0 Å². The molecule has 0 radical (unpaired) electrons. The summed E-state index contributed by atoms with van der Waals surface area (Å²) in [6.07, 6.45) is -3.54. The van der Waals surface area contributed by atoms with Gasteiger partial charge in [-0.25, -0.2) is 0 Å². The van der Waals surface area contributed by atoms with Gasteiger partial charge in [0.2, 0.25) is 0 Å². The van der Waals surface area contributed by atoms with Crippen LogP contribution in [0.4, 0.5) is 18.9 Å². The molecule has 2 aromatic rings. The topological polar surface area (TPSA) is 27.7 Å². The standard InChI is InChI=1S/C22H25ClF3N3OS/c23-19-6-1-4-17(14-19)16-29(9-3-8-28-10-12-30-13-11-28)21(31)27-20-7-2-5-18(15-20)22(24,25)26/h1-2,4-7,14-15H,3,8-13,16H2,(H,27,31). The molecule has 2 aromatic carbocycles. The second-order valence-electron chi connectivity index (χ2n) is 7.37. The van der Waals surface area contributed by atoms with Crippen molar-refractivity contribution in [3.8, 4) is 0 Å². The Kier molecular flexibility index (Phi) is 8.54. The number of hydrogen-bond donors (Lipinski definition) is 1. The van der Waals surface area contributed by atoms with Crippen molar-refractivity contribution >= 4 is 34.6 Å². The minimum atomic E-state index is -4.40. The monoisotopic (exact) mass is 471 g/mol. The number of thiocarbonyl (C=S) groups is 1. The molecule has 0 aliphatic carbocycles. The fourth-order valence-corrected chi connectivity index (χ4v) is 3.88. The molecule has 1 aliphatic rings. The van der Waals surface area contributed by atoms with Gasteiger partial charge < -0.3 is 15.0 Å². The maximum Gasteiger partial charge on any atom is 0.416 e. The quantitative estimate of drug-likeness (QED) is 0.554. The van der Waals surface area contributed by atoms with Crippen molar-refractivity contribution in [2.24, 2.45) is 0 Å². The molecule has 0 unspecified atom stereocenters. The molecule has 0 saturated carbocycles. The van der Waals surface area contributed by atoms with Crippen LogP contribution in [0.2, 0.25) is 5.02 Å². The van der Waals surface area contributed by atoms with Crippen molar-refractivity contribution in [1.82, 2.24) is 9.80 Å². The average molecular weight is 472 g/mol. The highest BCUT2D eigenvalue weighted by atomic mass is 35.5. The van der Waals surface area contributed by atoms with Crippen LogP contribution in [0, 0.1) is 0 Å². The van der Waals surface area contributed by atoms with E-state index in [0.29, 0.717) is 28.9 Å². The van der Waals surface area contributed by atoms with E-state index in [2.05, 4.69) is 10.2 Å². The zero-order chi connectivity index (χ0) is 22.3. The minimum Gasteiger partial charge on any atom is -0.379 e. The number of morpholine rings is 1.